The lowest BCUT2D eigenvalue weighted by molar-refractivity contribution is -0.192. The van der Waals surface area contributed by atoms with Crippen LogP contribution in [0.1, 0.15) is 17.0 Å². The standard InChI is InChI=1S/C29H42N2O8.C2HF3O2/c30-9-11-33-13-15-35-17-19-37-21-22-38-20-18-36-16-14-34-12-10-31-29(32)39-23-28-26-7-3-1-5-24(26)25-6-2-4-8-27(25)28;3-2(4,5)1(6)7/h1-8,28H,9-23,30H2,(H,31,32);(H,6,7). The van der Waals surface area contributed by atoms with Gasteiger partial charge in [0.05, 0.1) is 79.3 Å². The molecule has 0 aliphatic heterocycles. The van der Waals surface area contributed by atoms with Crippen molar-refractivity contribution in [1.29, 1.82) is 0 Å². The van der Waals surface area contributed by atoms with Crippen molar-refractivity contribution in [2.24, 2.45) is 5.73 Å². The quantitative estimate of drug-likeness (QED) is 0.159. The molecule has 258 valence electrons. The van der Waals surface area contributed by atoms with Gasteiger partial charge in [0.15, 0.2) is 0 Å². The van der Waals surface area contributed by atoms with Gasteiger partial charge in [0.1, 0.15) is 6.61 Å². The van der Waals surface area contributed by atoms with E-state index in [0.717, 1.165) is 0 Å². The Balaban J connectivity index is 0.000000942. The van der Waals surface area contributed by atoms with Crippen molar-refractivity contribution in [3.8, 4) is 11.1 Å². The van der Waals surface area contributed by atoms with E-state index in [9.17, 15) is 18.0 Å². The normalized spacial score (nSPS) is 12.2. The summed E-state index contributed by atoms with van der Waals surface area (Å²) >= 11 is 0. The minimum atomic E-state index is -5.08. The molecular formula is C31H43F3N2O10. The number of alkyl halides is 3. The van der Waals surface area contributed by atoms with E-state index in [1.165, 1.54) is 22.3 Å². The molecular weight excluding hydrogens is 617 g/mol. The summed E-state index contributed by atoms with van der Waals surface area (Å²) in [4.78, 5) is 21.1. The Labute approximate surface area is 266 Å². The topological polar surface area (TPSA) is 157 Å². The zero-order chi connectivity index (χ0) is 33.5. The number of aliphatic carboxylic acids is 1. The number of ether oxygens (including phenoxy) is 7. The molecule has 46 heavy (non-hydrogen) atoms. The molecule has 1 aliphatic rings. The molecule has 0 aromatic heterocycles. The van der Waals surface area contributed by atoms with Gasteiger partial charge >= 0.3 is 18.2 Å². The summed E-state index contributed by atoms with van der Waals surface area (Å²) in [6.07, 6.45) is -5.53. The van der Waals surface area contributed by atoms with Crippen LogP contribution >= 0.6 is 0 Å². The van der Waals surface area contributed by atoms with Gasteiger partial charge in [-0.2, -0.15) is 13.2 Å². The lowest BCUT2D eigenvalue weighted by Gasteiger charge is -2.14. The maximum Gasteiger partial charge on any atom is 0.490 e. The Morgan fingerprint density at radius 2 is 1.04 bits per heavy atom. The van der Waals surface area contributed by atoms with E-state index in [0.29, 0.717) is 99.0 Å². The van der Waals surface area contributed by atoms with Crippen molar-refractivity contribution in [2.75, 3.05) is 99.0 Å². The molecule has 3 rings (SSSR count). The van der Waals surface area contributed by atoms with E-state index in [1.807, 2.05) is 24.3 Å². The van der Waals surface area contributed by atoms with Crippen LogP contribution in [0.3, 0.4) is 0 Å². The molecule has 4 N–H and O–H groups in total. The van der Waals surface area contributed by atoms with E-state index in [1.54, 1.807) is 0 Å². The SMILES string of the molecule is NCCOCCOCCOCCOCCOCCOCCNC(=O)OCC1c2ccccc2-c2ccccc21.O=C(O)C(F)(F)F. The number of benzene rings is 2. The molecule has 0 unspecified atom stereocenters. The Morgan fingerprint density at radius 1 is 0.674 bits per heavy atom. The summed E-state index contributed by atoms with van der Waals surface area (Å²) in [6.45, 7) is 7.11. The van der Waals surface area contributed by atoms with Crippen molar-refractivity contribution < 1.29 is 61.0 Å². The summed E-state index contributed by atoms with van der Waals surface area (Å²) in [5.41, 5.74) is 10.1. The lowest BCUT2D eigenvalue weighted by atomic mass is 9.98. The van der Waals surface area contributed by atoms with Gasteiger partial charge in [0, 0.05) is 19.0 Å². The molecule has 2 aromatic rings. The minimum absolute atomic E-state index is 0.0466. The fourth-order valence-electron chi connectivity index (χ4n) is 4.16. The Hall–Kier alpha value is -3.31. The number of carbonyl (C=O) groups is 2. The van der Waals surface area contributed by atoms with Gasteiger partial charge in [-0.15, -0.1) is 0 Å². The first-order valence-electron chi connectivity index (χ1n) is 14.8. The highest BCUT2D eigenvalue weighted by molar-refractivity contribution is 5.79. The third-order valence-electron chi connectivity index (χ3n) is 6.22. The number of nitrogens with one attached hydrogen (secondary N) is 1. The summed E-state index contributed by atoms with van der Waals surface area (Å²) in [5, 5.41) is 9.86. The Morgan fingerprint density at radius 3 is 1.43 bits per heavy atom. The molecule has 0 saturated heterocycles. The second-order valence-electron chi connectivity index (χ2n) is 9.52. The van der Waals surface area contributed by atoms with Gasteiger partial charge in [0.2, 0.25) is 0 Å². The predicted molar refractivity (Wildman–Crippen MR) is 161 cm³/mol. The smallest absolute Gasteiger partial charge is 0.475 e. The second-order valence-corrected chi connectivity index (χ2v) is 9.52. The molecule has 2 aromatic carbocycles. The van der Waals surface area contributed by atoms with E-state index < -0.39 is 18.2 Å². The van der Waals surface area contributed by atoms with Crippen molar-refractivity contribution >= 4 is 12.1 Å². The molecule has 0 fully saturated rings. The highest BCUT2D eigenvalue weighted by Crippen LogP contribution is 2.44. The first-order chi connectivity index (χ1) is 22.3. The lowest BCUT2D eigenvalue weighted by Crippen LogP contribution is -2.29. The Bertz CT molecular complexity index is 1090. The monoisotopic (exact) mass is 660 g/mol. The fraction of sp³-hybridized carbons (Fsp3) is 0.548. The van der Waals surface area contributed by atoms with E-state index in [-0.39, 0.29) is 5.92 Å². The predicted octanol–water partition coefficient (Wildman–Crippen LogP) is 3.22. The van der Waals surface area contributed by atoms with Crippen LogP contribution < -0.4 is 11.1 Å². The fourth-order valence-corrected chi connectivity index (χ4v) is 4.16. The molecule has 0 bridgehead atoms. The first kappa shape index (κ1) is 38.9. The molecule has 0 heterocycles. The van der Waals surface area contributed by atoms with Crippen LogP contribution in [0.25, 0.3) is 11.1 Å². The molecule has 0 spiro atoms. The molecule has 1 aliphatic carbocycles. The van der Waals surface area contributed by atoms with Gasteiger partial charge in [-0.3, -0.25) is 0 Å². The second kappa shape index (κ2) is 23.1. The highest BCUT2D eigenvalue weighted by atomic mass is 19.4. The number of nitrogens with two attached hydrogens (primary N) is 1. The summed E-state index contributed by atoms with van der Waals surface area (Å²) in [5.74, 6) is -2.71. The van der Waals surface area contributed by atoms with Crippen molar-refractivity contribution in [3.63, 3.8) is 0 Å². The molecule has 12 nitrogen and oxygen atoms in total. The number of fused-ring (bicyclic) bond motifs is 3. The van der Waals surface area contributed by atoms with E-state index in [4.69, 9.17) is 48.8 Å². The third-order valence-corrected chi connectivity index (χ3v) is 6.22. The number of hydrogen-bond acceptors (Lipinski definition) is 10. The third kappa shape index (κ3) is 15.8. The molecule has 1 amide bonds. The van der Waals surface area contributed by atoms with Crippen LogP contribution in [0.4, 0.5) is 18.0 Å². The zero-order valence-electron chi connectivity index (χ0n) is 25.6. The van der Waals surface area contributed by atoms with Crippen LogP contribution in [0, 0.1) is 0 Å². The number of amides is 1. The van der Waals surface area contributed by atoms with E-state index >= 15 is 0 Å². The highest BCUT2D eigenvalue weighted by Gasteiger charge is 2.38. The van der Waals surface area contributed by atoms with Crippen LogP contribution in [-0.4, -0.2) is 122 Å². The maximum atomic E-state index is 12.2. The van der Waals surface area contributed by atoms with Gasteiger partial charge in [0.25, 0.3) is 0 Å². The molecule has 0 saturated carbocycles. The van der Waals surface area contributed by atoms with Crippen LogP contribution in [-0.2, 0) is 38.0 Å². The number of halogens is 3. The van der Waals surface area contributed by atoms with Crippen LogP contribution in [0.2, 0.25) is 0 Å². The van der Waals surface area contributed by atoms with Crippen LogP contribution in [0.5, 0.6) is 0 Å². The minimum Gasteiger partial charge on any atom is -0.475 e. The summed E-state index contributed by atoms with van der Waals surface area (Å²) in [6, 6.07) is 16.5. The van der Waals surface area contributed by atoms with Gasteiger partial charge < -0.3 is 49.3 Å². The van der Waals surface area contributed by atoms with Gasteiger partial charge in [-0.05, 0) is 22.3 Å². The average molecular weight is 661 g/mol. The van der Waals surface area contributed by atoms with Crippen molar-refractivity contribution in [2.45, 2.75) is 12.1 Å². The molecule has 0 radical (unpaired) electrons. The largest absolute Gasteiger partial charge is 0.490 e. The Kier molecular flexibility index (Phi) is 19.5. The summed E-state index contributed by atoms with van der Waals surface area (Å²) in [7, 11) is 0. The molecule has 0 atom stereocenters. The van der Waals surface area contributed by atoms with Gasteiger partial charge in [-0.25, -0.2) is 9.59 Å². The van der Waals surface area contributed by atoms with E-state index in [2.05, 4.69) is 29.6 Å². The number of alkyl carbamates (subject to hydrolysis) is 1. The zero-order valence-corrected chi connectivity index (χ0v) is 25.6. The summed E-state index contributed by atoms with van der Waals surface area (Å²) < 4.78 is 69.6. The number of carbonyl (C=O) groups excluding carboxylic acids is 1. The number of carboxylic acid groups (broad SMARTS) is 1. The van der Waals surface area contributed by atoms with Crippen molar-refractivity contribution in [1.82, 2.24) is 5.32 Å². The van der Waals surface area contributed by atoms with Crippen molar-refractivity contribution in [3.05, 3.63) is 59.7 Å². The molecule has 15 heteroatoms. The number of rotatable bonds is 22. The number of hydrogen-bond donors (Lipinski definition) is 3. The first-order valence-corrected chi connectivity index (χ1v) is 14.8. The average Bonchev–Trinajstić information content (AvgIpc) is 3.36. The number of carboxylic acids is 1. The van der Waals surface area contributed by atoms with Gasteiger partial charge in [-0.1, -0.05) is 48.5 Å². The van der Waals surface area contributed by atoms with Crippen LogP contribution in [0.15, 0.2) is 48.5 Å². The maximum absolute atomic E-state index is 12.2.